The third-order valence-corrected chi connectivity index (χ3v) is 14.3. The molecule has 0 N–H and O–H groups in total. The highest BCUT2D eigenvalue weighted by molar-refractivity contribution is 5.97. The lowest BCUT2D eigenvalue weighted by molar-refractivity contribution is 0.586. The lowest BCUT2D eigenvalue weighted by atomic mass is 9.68. The summed E-state index contributed by atoms with van der Waals surface area (Å²) in [6.45, 7) is 16.5. The molecule has 8 aromatic carbocycles. The van der Waals surface area contributed by atoms with Crippen molar-refractivity contribution in [3.63, 3.8) is 0 Å². The zero-order valence-electron chi connectivity index (χ0n) is 40.1. The van der Waals surface area contributed by atoms with Crippen LogP contribution in [0.4, 0.5) is 17.1 Å². The summed E-state index contributed by atoms with van der Waals surface area (Å²) < 4.78 is 23.7. The molecular formula is C61H55N. The van der Waals surface area contributed by atoms with Gasteiger partial charge in [0.2, 0.25) is 0 Å². The zero-order chi connectivity index (χ0) is 45.4. The third-order valence-electron chi connectivity index (χ3n) is 14.3. The van der Waals surface area contributed by atoms with Crippen molar-refractivity contribution in [1.29, 1.82) is 0 Å². The predicted octanol–water partition coefficient (Wildman–Crippen LogP) is 16.4. The molecular weight excluding hydrogens is 747 g/mol. The highest BCUT2D eigenvalue weighted by Crippen LogP contribution is 2.64. The average molecular weight is 805 g/mol. The molecule has 0 atom stereocenters. The molecule has 0 radical (unpaired) electrons. The molecule has 3 aliphatic rings. The average Bonchev–Trinajstić information content (AvgIpc) is 3.83. The number of hydrogen-bond acceptors (Lipinski definition) is 1. The zero-order valence-corrected chi connectivity index (χ0v) is 37.1. The molecule has 1 heteroatoms. The van der Waals surface area contributed by atoms with Crippen LogP contribution < -0.4 is 4.90 Å². The lowest BCUT2D eigenvalue weighted by Crippen LogP contribution is -2.27. The van der Waals surface area contributed by atoms with Crippen molar-refractivity contribution < 1.29 is 4.11 Å². The van der Waals surface area contributed by atoms with Crippen molar-refractivity contribution in [2.45, 2.75) is 83.9 Å². The van der Waals surface area contributed by atoms with Crippen LogP contribution in [-0.4, -0.2) is 0 Å². The number of hydrogen-bond donors (Lipinski definition) is 0. The minimum atomic E-state index is -2.14. The van der Waals surface area contributed by atoms with Gasteiger partial charge in [-0.2, -0.15) is 0 Å². The summed E-state index contributed by atoms with van der Waals surface area (Å²) in [5.41, 5.74) is 23.3. The second kappa shape index (κ2) is 13.3. The summed E-state index contributed by atoms with van der Waals surface area (Å²) in [4.78, 5) is 2.44. The Bertz CT molecular complexity index is 3160. The first-order valence-electron chi connectivity index (χ1n) is 23.7. The van der Waals surface area contributed by atoms with Crippen LogP contribution in [0.3, 0.4) is 0 Å². The van der Waals surface area contributed by atoms with E-state index in [4.69, 9.17) is 4.11 Å². The van der Waals surface area contributed by atoms with Gasteiger partial charge < -0.3 is 4.90 Å². The molecule has 0 amide bonds. The molecule has 1 spiro atoms. The molecule has 0 saturated heterocycles. The molecule has 0 aliphatic heterocycles. The molecule has 11 rings (SSSR count). The summed E-state index contributed by atoms with van der Waals surface area (Å²) in [6, 6.07) is 62.7. The van der Waals surface area contributed by atoms with Gasteiger partial charge in [-0.3, -0.25) is 0 Å². The largest absolute Gasteiger partial charge is 0.310 e. The summed E-state index contributed by atoms with van der Waals surface area (Å²) in [5, 5.41) is 0. The van der Waals surface area contributed by atoms with Gasteiger partial charge in [0, 0.05) is 26.6 Å². The van der Waals surface area contributed by atoms with E-state index in [0.717, 1.165) is 28.2 Å². The Kier molecular flexibility index (Phi) is 7.54. The topological polar surface area (TPSA) is 3.24 Å². The van der Waals surface area contributed by atoms with Gasteiger partial charge in [-0.25, -0.2) is 0 Å². The first kappa shape index (κ1) is 35.2. The SMILES string of the molecule is [2H]C([2H])([2H])c1ccc(-c2ccc(N(c3ccc4c(c3)C(C)(C)c3ccccc3-4)c3ccc4c(c3)C3(c5ccccc5-4)c4cc(C(C)(C)C)ccc4-c4ccc(C(C)(C)C)cc43)cc2)cc1. The van der Waals surface area contributed by atoms with E-state index in [2.05, 4.69) is 206 Å². The monoisotopic (exact) mass is 804 g/mol. The van der Waals surface area contributed by atoms with Gasteiger partial charge in [-0.15, -0.1) is 0 Å². The number of rotatable bonds is 4. The lowest BCUT2D eigenvalue weighted by Gasteiger charge is -2.34. The van der Waals surface area contributed by atoms with E-state index in [1.165, 1.54) is 77.9 Å². The summed E-state index contributed by atoms with van der Waals surface area (Å²) in [7, 11) is 0. The van der Waals surface area contributed by atoms with E-state index in [0.29, 0.717) is 5.56 Å². The number of anilines is 3. The normalized spacial score (nSPS) is 15.7. The van der Waals surface area contributed by atoms with Crippen LogP contribution in [0.2, 0.25) is 0 Å². The molecule has 62 heavy (non-hydrogen) atoms. The maximum Gasteiger partial charge on any atom is 0.0726 e. The smallest absolute Gasteiger partial charge is 0.0726 e. The highest BCUT2D eigenvalue weighted by atomic mass is 15.1. The van der Waals surface area contributed by atoms with Crippen LogP contribution in [0.1, 0.15) is 110 Å². The van der Waals surface area contributed by atoms with Gasteiger partial charge in [0.15, 0.2) is 0 Å². The van der Waals surface area contributed by atoms with Crippen molar-refractivity contribution in [1.82, 2.24) is 0 Å². The second-order valence-electron chi connectivity index (χ2n) is 20.4. The van der Waals surface area contributed by atoms with Gasteiger partial charge in [0.05, 0.1) is 5.41 Å². The van der Waals surface area contributed by atoms with E-state index >= 15 is 0 Å². The molecule has 0 heterocycles. The molecule has 3 aliphatic carbocycles. The van der Waals surface area contributed by atoms with Gasteiger partial charge >= 0.3 is 0 Å². The fraction of sp³-hybridized carbons (Fsp3) is 0.213. The highest BCUT2D eigenvalue weighted by Gasteiger charge is 2.52. The fourth-order valence-corrected chi connectivity index (χ4v) is 11.0. The van der Waals surface area contributed by atoms with Crippen molar-refractivity contribution in [3.05, 3.63) is 220 Å². The molecule has 8 aromatic rings. The van der Waals surface area contributed by atoms with Crippen LogP contribution in [0.25, 0.3) is 44.5 Å². The van der Waals surface area contributed by atoms with E-state index in [1.54, 1.807) is 12.1 Å². The van der Waals surface area contributed by atoms with Crippen molar-refractivity contribution >= 4 is 17.1 Å². The Morgan fingerprint density at radius 1 is 0.387 bits per heavy atom. The summed E-state index contributed by atoms with van der Waals surface area (Å²) in [5.74, 6) is 0. The van der Waals surface area contributed by atoms with E-state index in [9.17, 15) is 0 Å². The van der Waals surface area contributed by atoms with E-state index < -0.39 is 12.3 Å². The minimum absolute atomic E-state index is 0.0359. The Labute approximate surface area is 373 Å². The van der Waals surface area contributed by atoms with Crippen LogP contribution >= 0.6 is 0 Å². The third kappa shape index (κ3) is 5.53. The van der Waals surface area contributed by atoms with Crippen LogP contribution in [-0.2, 0) is 21.7 Å². The van der Waals surface area contributed by atoms with Crippen molar-refractivity contribution in [2.75, 3.05) is 4.90 Å². The number of nitrogens with zero attached hydrogens (tertiary/aromatic N) is 1. The molecule has 0 saturated carbocycles. The van der Waals surface area contributed by atoms with Crippen LogP contribution in [0.5, 0.6) is 0 Å². The molecule has 0 unspecified atom stereocenters. The number of benzene rings is 8. The molecule has 0 bridgehead atoms. The van der Waals surface area contributed by atoms with Crippen molar-refractivity contribution in [2.24, 2.45) is 0 Å². The standard InChI is InChI=1S/C61H55N/c1-38-18-20-39(21-19-38)40-22-26-43(27-23-40)62(44-28-32-48-46-14-10-12-16-52(46)60(8,9)54(48)36-44)45-29-33-51-47-15-11-13-17-53(47)61(57(51)37-45)55-34-41(58(2,3)4)24-30-49(55)50-31-25-42(35-56(50)61)59(5,6)7/h10-37H,1-9H3/i1D3. The van der Waals surface area contributed by atoms with Gasteiger partial charge in [-0.05, 0) is 143 Å². The number of aryl methyl sites for hydroxylation is 1. The maximum atomic E-state index is 7.90. The number of fused-ring (bicyclic) bond motifs is 13. The van der Waals surface area contributed by atoms with Gasteiger partial charge in [0.1, 0.15) is 0 Å². The van der Waals surface area contributed by atoms with Gasteiger partial charge in [-0.1, -0.05) is 194 Å². The van der Waals surface area contributed by atoms with E-state index in [-0.39, 0.29) is 16.2 Å². The molecule has 0 fully saturated rings. The quantitative estimate of drug-likeness (QED) is 0.171. The first-order valence-corrected chi connectivity index (χ1v) is 22.2. The summed E-state index contributed by atoms with van der Waals surface area (Å²) in [6.07, 6.45) is 0. The Hall–Kier alpha value is -6.44. The second-order valence-corrected chi connectivity index (χ2v) is 20.4. The maximum absolute atomic E-state index is 7.90. The predicted molar refractivity (Wildman–Crippen MR) is 263 cm³/mol. The van der Waals surface area contributed by atoms with Crippen LogP contribution in [0, 0.1) is 6.85 Å². The Balaban J connectivity index is 1.15. The molecule has 1 nitrogen and oxygen atoms in total. The van der Waals surface area contributed by atoms with Crippen LogP contribution in [0.15, 0.2) is 170 Å². The summed E-state index contributed by atoms with van der Waals surface area (Å²) >= 11 is 0. The Morgan fingerprint density at radius 3 is 1.32 bits per heavy atom. The van der Waals surface area contributed by atoms with Crippen molar-refractivity contribution in [3.8, 4) is 44.5 Å². The van der Waals surface area contributed by atoms with Gasteiger partial charge in [0.25, 0.3) is 0 Å². The minimum Gasteiger partial charge on any atom is -0.310 e. The first-order chi connectivity index (χ1) is 30.9. The van der Waals surface area contributed by atoms with E-state index in [1.807, 2.05) is 12.1 Å². The fourth-order valence-electron chi connectivity index (χ4n) is 11.0. The Morgan fingerprint density at radius 2 is 0.790 bits per heavy atom. The molecule has 0 aromatic heterocycles. The molecule has 304 valence electrons.